The number of nitriles is 2. The van der Waals surface area contributed by atoms with Crippen molar-refractivity contribution in [3.05, 3.63) is 23.5 Å². The molecule has 0 aromatic heterocycles. The van der Waals surface area contributed by atoms with Crippen LogP contribution in [-0.4, -0.2) is 10.9 Å². The first-order chi connectivity index (χ1) is 7.36. The highest BCUT2D eigenvalue weighted by atomic mass is 15.2. The van der Waals surface area contributed by atoms with Gasteiger partial charge in [0.05, 0.1) is 12.1 Å². The Bertz CT molecular complexity index is 392. The minimum absolute atomic E-state index is 0.526. The van der Waals surface area contributed by atoms with Crippen LogP contribution in [-0.2, 0) is 0 Å². The van der Waals surface area contributed by atoms with Gasteiger partial charge >= 0.3 is 0 Å². The van der Waals surface area contributed by atoms with Crippen LogP contribution in [0.4, 0.5) is 0 Å². The zero-order valence-electron chi connectivity index (χ0n) is 8.61. The van der Waals surface area contributed by atoms with Gasteiger partial charge in [-0.2, -0.15) is 10.5 Å². The normalized spacial score (nSPS) is 30.0. The fourth-order valence-corrected chi connectivity index (χ4v) is 2.56. The minimum Gasteiger partial charge on any atom is -0.344 e. The summed E-state index contributed by atoms with van der Waals surface area (Å²) in [5, 5.41) is 17.4. The summed E-state index contributed by atoms with van der Waals surface area (Å²) in [5.41, 5.74) is 2.18. The average molecular weight is 199 g/mol. The van der Waals surface area contributed by atoms with Gasteiger partial charge in [0, 0.05) is 29.6 Å². The maximum absolute atomic E-state index is 8.72. The molecule has 2 rings (SSSR count). The Kier molecular flexibility index (Phi) is 2.74. The van der Waals surface area contributed by atoms with Crippen LogP contribution in [0.5, 0.6) is 0 Å². The van der Waals surface area contributed by atoms with Crippen LogP contribution in [0.3, 0.4) is 0 Å². The Morgan fingerprint density at radius 3 is 2.40 bits per heavy atom. The fourth-order valence-electron chi connectivity index (χ4n) is 2.56. The second kappa shape index (κ2) is 4.19. The van der Waals surface area contributed by atoms with Gasteiger partial charge in [-0.15, -0.1) is 0 Å². The molecule has 0 saturated carbocycles. The van der Waals surface area contributed by atoms with Crippen LogP contribution in [0, 0.1) is 22.7 Å². The van der Waals surface area contributed by atoms with Gasteiger partial charge in [0.1, 0.15) is 0 Å². The maximum Gasteiger partial charge on any atom is 0.0930 e. The maximum atomic E-state index is 8.72. The van der Waals surface area contributed by atoms with Crippen molar-refractivity contribution in [1.29, 1.82) is 10.5 Å². The first-order valence-corrected chi connectivity index (χ1v) is 5.33. The van der Waals surface area contributed by atoms with Crippen molar-refractivity contribution in [2.45, 2.75) is 38.1 Å². The lowest BCUT2D eigenvalue weighted by atomic mass is 10.00. The molecule has 0 amide bonds. The van der Waals surface area contributed by atoms with E-state index in [1.807, 2.05) is 0 Å². The quantitative estimate of drug-likeness (QED) is 0.563. The molecular weight excluding hydrogens is 186 g/mol. The van der Waals surface area contributed by atoms with Gasteiger partial charge in [0.2, 0.25) is 0 Å². The minimum atomic E-state index is 0.526. The molecule has 2 saturated heterocycles. The van der Waals surface area contributed by atoms with Gasteiger partial charge in [0.15, 0.2) is 0 Å². The van der Waals surface area contributed by atoms with E-state index in [9.17, 15) is 0 Å². The smallest absolute Gasteiger partial charge is 0.0930 e. The van der Waals surface area contributed by atoms with Crippen molar-refractivity contribution in [1.82, 2.24) is 4.90 Å². The van der Waals surface area contributed by atoms with Gasteiger partial charge in [-0.25, -0.2) is 0 Å². The van der Waals surface area contributed by atoms with Gasteiger partial charge in [-0.3, -0.25) is 0 Å². The van der Waals surface area contributed by atoms with E-state index < -0.39 is 0 Å². The van der Waals surface area contributed by atoms with E-state index in [0.29, 0.717) is 6.04 Å². The van der Waals surface area contributed by atoms with Gasteiger partial charge in [-0.1, -0.05) is 0 Å². The number of hydrogen-bond donors (Lipinski definition) is 0. The van der Waals surface area contributed by atoms with Crippen LogP contribution < -0.4 is 0 Å². The molecule has 3 nitrogen and oxygen atoms in total. The molecule has 0 aliphatic carbocycles. The zero-order valence-corrected chi connectivity index (χ0v) is 8.61. The molecule has 2 aliphatic rings. The molecule has 0 spiro atoms. The van der Waals surface area contributed by atoms with Crippen molar-refractivity contribution in [3.63, 3.8) is 0 Å². The fraction of sp³-hybridized carbons (Fsp3) is 0.500. The summed E-state index contributed by atoms with van der Waals surface area (Å²) in [5.74, 6) is 0. The number of piperidine rings is 1. The van der Waals surface area contributed by atoms with Gasteiger partial charge in [0.25, 0.3) is 0 Å². The summed E-state index contributed by atoms with van der Waals surface area (Å²) in [6.07, 6.45) is 8.66. The average Bonchev–Trinajstić information content (AvgIpc) is 2.64. The third-order valence-corrected chi connectivity index (χ3v) is 3.15. The highest BCUT2D eigenvalue weighted by molar-refractivity contribution is 5.27. The van der Waals surface area contributed by atoms with Crippen LogP contribution in [0.25, 0.3) is 0 Å². The Hall–Kier alpha value is -1.74. The second-order valence-electron chi connectivity index (χ2n) is 3.98. The summed E-state index contributed by atoms with van der Waals surface area (Å²) in [6.45, 7) is 0. The number of allylic oxidation sites excluding steroid dienone is 4. The van der Waals surface area contributed by atoms with Crippen molar-refractivity contribution >= 4 is 0 Å². The first kappa shape index (κ1) is 9.80. The summed E-state index contributed by atoms with van der Waals surface area (Å²) < 4.78 is 0. The number of rotatable bonds is 0. The molecule has 0 radical (unpaired) electrons. The van der Waals surface area contributed by atoms with Crippen molar-refractivity contribution in [3.8, 4) is 12.1 Å². The predicted molar refractivity (Wildman–Crippen MR) is 56.1 cm³/mol. The van der Waals surface area contributed by atoms with Crippen LogP contribution in [0.2, 0.25) is 0 Å². The topological polar surface area (TPSA) is 50.8 Å². The molecule has 1 unspecified atom stereocenters. The van der Waals surface area contributed by atoms with Crippen molar-refractivity contribution in [2.24, 2.45) is 0 Å². The molecule has 0 aromatic rings. The summed E-state index contributed by atoms with van der Waals surface area (Å²) in [4.78, 5) is 2.20. The monoisotopic (exact) mass is 199 g/mol. The molecule has 0 aromatic carbocycles. The molecule has 2 heterocycles. The molecule has 2 fully saturated rings. The summed E-state index contributed by atoms with van der Waals surface area (Å²) >= 11 is 0. The van der Waals surface area contributed by atoms with E-state index >= 15 is 0 Å². The second-order valence-corrected chi connectivity index (χ2v) is 3.98. The lowest BCUT2D eigenvalue weighted by Gasteiger charge is -2.34. The summed E-state index contributed by atoms with van der Waals surface area (Å²) in [6, 6.07) is 4.72. The molecule has 15 heavy (non-hydrogen) atoms. The zero-order chi connectivity index (χ0) is 10.7. The predicted octanol–water partition coefficient (Wildman–Crippen LogP) is 2.45. The van der Waals surface area contributed by atoms with E-state index in [2.05, 4.69) is 17.0 Å². The van der Waals surface area contributed by atoms with E-state index in [0.717, 1.165) is 37.1 Å². The highest BCUT2D eigenvalue weighted by Gasteiger charge is 2.32. The van der Waals surface area contributed by atoms with Gasteiger partial charge in [-0.05, 0) is 32.1 Å². The number of fused-ring (bicyclic) bond motifs is 1. The van der Waals surface area contributed by atoms with Gasteiger partial charge < -0.3 is 4.90 Å². The highest BCUT2D eigenvalue weighted by Crippen LogP contribution is 2.39. The largest absolute Gasteiger partial charge is 0.344 e. The SMILES string of the molecule is N#C/C=C1\CCCC2CC/C(=C\C#N)N12. The van der Waals surface area contributed by atoms with Crippen molar-refractivity contribution < 1.29 is 0 Å². The lowest BCUT2D eigenvalue weighted by molar-refractivity contribution is 0.286. The van der Waals surface area contributed by atoms with E-state index in [4.69, 9.17) is 10.5 Å². The first-order valence-electron chi connectivity index (χ1n) is 5.33. The molecule has 0 N–H and O–H groups in total. The Morgan fingerprint density at radius 2 is 1.73 bits per heavy atom. The Balaban J connectivity index is 2.31. The third-order valence-electron chi connectivity index (χ3n) is 3.15. The third kappa shape index (κ3) is 1.74. The molecule has 2 aliphatic heterocycles. The van der Waals surface area contributed by atoms with Crippen LogP contribution in [0.15, 0.2) is 23.5 Å². The van der Waals surface area contributed by atoms with Crippen LogP contribution >= 0.6 is 0 Å². The molecule has 0 bridgehead atoms. The molecule has 3 heteroatoms. The molecule has 1 atom stereocenters. The molecule has 76 valence electrons. The Labute approximate surface area is 89.9 Å². The number of hydrogen-bond acceptors (Lipinski definition) is 3. The standard InChI is InChI=1S/C12H13N3/c13-8-6-11-3-1-2-10-4-5-12(7-9-14)15(10)11/h6-7,10H,1-5H2/b11-6+,12-7+. The van der Waals surface area contributed by atoms with Crippen molar-refractivity contribution in [2.75, 3.05) is 0 Å². The van der Waals surface area contributed by atoms with E-state index in [1.54, 1.807) is 12.2 Å². The lowest BCUT2D eigenvalue weighted by Crippen LogP contribution is -2.31. The molecular formula is C12H13N3. The number of nitrogens with zero attached hydrogens (tertiary/aromatic N) is 3. The summed E-state index contributed by atoms with van der Waals surface area (Å²) in [7, 11) is 0. The van der Waals surface area contributed by atoms with E-state index in [1.165, 1.54) is 6.42 Å². The Morgan fingerprint density at radius 1 is 1.07 bits per heavy atom. The van der Waals surface area contributed by atoms with E-state index in [-0.39, 0.29) is 0 Å². The van der Waals surface area contributed by atoms with Crippen LogP contribution in [0.1, 0.15) is 32.1 Å².